The standard InChI is InChI=1S/C13H21NOS/c1-2-5-12(13-7-4-9-16-13)14-11-6-3-8-15-10-11/h4,7,9,11-12,14H,2-3,5-6,8,10H2,1H3. The largest absolute Gasteiger partial charge is 0.380 e. The molecule has 0 saturated carbocycles. The van der Waals surface area contributed by atoms with Gasteiger partial charge in [0.1, 0.15) is 0 Å². The minimum atomic E-state index is 0.525. The number of ether oxygens (including phenoxy) is 1. The highest BCUT2D eigenvalue weighted by molar-refractivity contribution is 7.10. The molecule has 0 spiro atoms. The van der Waals surface area contributed by atoms with Crippen LogP contribution in [0.2, 0.25) is 0 Å². The first-order valence-corrected chi connectivity index (χ1v) is 7.15. The smallest absolute Gasteiger partial charge is 0.0619 e. The molecule has 90 valence electrons. The summed E-state index contributed by atoms with van der Waals surface area (Å²) in [6, 6.07) is 5.45. The lowest BCUT2D eigenvalue weighted by Gasteiger charge is -2.28. The SMILES string of the molecule is CCCC(NC1CCCOC1)c1cccs1. The molecule has 1 saturated heterocycles. The summed E-state index contributed by atoms with van der Waals surface area (Å²) in [6.07, 6.45) is 4.90. The Hall–Kier alpha value is -0.380. The van der Waals surface area contributed by atoms with Gasteiger partial charge in [-0.3, -0.25) is 0 Å². The van der Waals surface area contributed by atoms with E-state index in [0.29, 0.717) is 12.1 Å². The molecule has 2 nitrogen and oxygen atoms in total. The summed E-state index contributed by atoms with van der Waals surface area (Å²) in [4.78, 5) is 1.47. The van der Waals surface area contributed by atoms with Crippen LogP contribution in [0.25, 0.3) is 0 Å². The highest BCUT2D eigenvalue weighted by Gasteiger charge is 2.19. The first-order chi connectivity index (χ1) is 7.90. The monoisotopic (exact) mass is 239 g/mol. The number of rotatable bonds is 5. The van der Waals surface area contributed by atoms with Crippen LogP contribution >= 0.6 is 11.3 Å². The molecule has 2 rings (SSSR count). The summed E-state index contributed by atoms with van der Waals surface area (Å²) in [5.41, 5.74) is 0. The van der Waals surface area contributed by atoms with Crippen LogP contribution in [0.5, 0.6) is 0 Å². The van der Waals surface area contributed by atoms with Crippen molar-refractivity contribution in [3.05, 3.63) is 22.4 Å². The van der Waals surface area contributed by atoms with Crippen molar-refractivity contribution in [2.45, 2.75) is 44.7 Å². The lowest BCUT2D eigenvalue weighted by atomic mass is 10.1. The summed E-state index contributed by atoms with van der Waals surface area (Å²) in [5.74, 6) is 0. The Morgan fingerprint density at radius 2 is 2.56 bits per heavy atom. The lowest BCUT2D eigenvalue weighted by molar-refractivity contribution is 0.0660. The van der Waals surface area contributed by atoms with Crippen LogP contribution in [0.3, 0.4) is 0 Å². The van der Waals surface area contributed by atoms with Crippen LogP contribution in [-0.2, 0) is 4.74 Å². The van der Waals surface area contributed by atoms with Gasteiger partial charge in [0.15, 0.2) is 0 Å². The molecule has 2 unspecified atom stereocenters. The van der Waals surface area contributed by atoms with Crippen LogP contribution in [-0.4, -0.2) is 19.3 Å². The van der Waals surface area contributed by atoms with E-state index in [4.69, 9.17) is 4.74 Å². The van der Waals surface area contributed by atoms with Crippen molar-refractivity contribution in [1.82, 2.24) is 5.32 Å². The van der Waals surface area contributed by atoms with Gasteiger partial charge in [0.2, 0.25) is 0 Å². The number of thiophene rings is 1. The molecule has 1 aliphatic rings. The van der Waals surface area contributed by atoms with Gasteiger partial charge in [-0.15, -0.1) is 11.3 Å². The molecule has 0 radical (unpaired) electrons. The zero-order valence-corrected chi connectivity index (χ0v) is 10.8. The van der Waals surface area contributed by atoms with Gasteiger partial charge in [0.25, 0.3) is 0 Å². The molecule has 1 fully saturated rings. The van der Waals surface area contributed by atoms with Crippen molar-refractivity contribution < 1.29 is 4.74 Å². The van der Waals surface area contributed by atoms with Gasteiger partial charge in [0.05, 0.1) is 6.61 Å². The summed E-state index contributed by atoms with van der Waals surface area (Å²) < 4.78 is 5.52. The lowest BCUT2D eigenvalue weighted by Crippen LogP contribution is -2.38. The molecule has 0 bridgehead atoms. The fraction of sp³-hybridized carbons (Fsp3) is 0.692. The third-order valence-electron chi connectivity index (χ3n) is 3.06. The van der Waals surface area contributed by atoms with E-state index in [0.717, 1.165) is 13.2 Å². The Morgan fingerprint density at radius 1 is 1.62 bits per heavy atom. The number of hydrogen-bond donors (Lipinski definition) is 1. The van der Waals surface area contributed by atoms with E-state index in [1.165, 1.54) is 30.6 Å². The van der Waals surface area contributed by atoms with E-state index in [1.54, 1.807) is 0 Å². The molecule has 0 aliphatic carbocycles. The second-order valence-corrected chi connectivity index (χ2v) is 5.42. The predicted octanol–water partition coefficient (Wildman–Crippen LogP) is 3.36. The van der Waals surface area contributed by atoms with E-state index < -0.39 is 0 Å². The maximum atomic E-state index is 5.52. The molecule has 2 heterocycles. The normalized spacial score (nSPS) is 23.2. The Morgan fingerprint density at radius 3 is 3.19 bits per heavy atom. The minimum absolute atomic E-state index is 0.525. The van der Waals surface area contributed by atoms with E-state index in [2.05, 4.69) is 29.8 Å². The highest BCUT2D eigenvalue weighted by atomic mass is 32.1. The van der Waals surface area contributed by atoms with Gasteiger partial charge in [0, 0.05) is 23.6 Å². The number of nitrogens with one attached hydrogen (secondary N) is 1. The first-order valence-electron chi connectivity index (χ1n) is 6.27. The second kappa shape index (κ2) is 6.38. The molecule has 16 heavy (non-hydrogen) atoms. The van der Waals surface area contributed by atoms with Crippen molar-refractivity contribution >= 4 is 11.3 Å². The molecule has 1 aliphatic heterocycles. The van der Waals surface area contributed by atoms with Crippen LogP contribution in [0.4, 0.5) is 0 Å². The molecular formula is C13H21NOS. The zero-order valence-electron chi connectivity index (χ0n) is 9.95. The fourth-order valence-corrected chi connectivity index (χ4v) is 3.06. The third-order valence-corrected chi connectivity index (χ3v) is 4.05. The topological polar surface area (TPSA) is 21.3 Å². The summed E-state index contributed by atoms with van der Waals surface area (Å²) in [6.45, 7) is 4.07. The molecule has 0 aromatic carbocycles. The van der Waals surface area contributed by atoms with Crippen LogP contribution < -0.4 is 5.32 Å². The molecular weight excluding hydrogens is 218 g/mol. The van der Waals surface area contributed by atoms with Crippen molar-refractivity contribution in [2.75, 3.05) is 13.2 Å². The third kappa shape index (κ3) is 3.30. The second-order valence-electron chi connectivity index (χ2n) is 4.44. The van der Waals surface area contributed by atoms with Crippen LogP contribution in [0.15, 0.2) is 17.5 Å². The van der Waals surface area contributed by atoms with Gasteiger partial charge in [-0.05, 0) is 30.7 Å². The van der Waals surface area contributed by atoms with Gasteiger partial charge in [-0.2, -0.15) is 0 Å². The van der Waals surface area contributed by atoms with E-state index in [9.17, 15) is 0 Å². The molecule has 1 aromatic rings. The van der Waals surface area contributed by atoms with Crippen molar-refractivity contribution in [3.8, 4) is 0 Å². The van der Waals surface area contributed by atoms with Crippen LogP contribution in [0, 0.1) is 0 Å². The average molecular weight is 239 g/mol. The minimum Gasteiger partial charge on any atom is -0.380 e. The maximum Gasteiger partial charge on any atom is 0.0619 e. The highest BCUT2D eigenvalue weighted by Crippen LogP contribution is 2.24. The molecule has 0 amide bonds. The molecule has 1 N–H and O–H groups in total. The van der Waals surface area contributed by atoms with Gasteiger partial charge >= 0.3 is 0 Å². The maximum absolute atomic E-state index is 5.52. The predicted molar refractivity (Wildman–Crippen MR) is 68.9 cm³/mol. The van der Waals surface area contributed by atoms with Gasteiger partial charge in [-0.1, -0.05) is 19.4 Å². The molecule has 2 atom stereocenters. The Bertz CT molecular complexity index is 280. The van der Waals surface area contributed by atoms with E-state index in [-0.39, 0.29) is 0 Å². The Balaban J connectivity index is 1.91. The summed E-state index contributed by atoms with van der Waals surface area (Å²) in [7, 11) is 0. The van der Waals surface area contributed by atoms with Gasteiger partial charge in [-0.25, -0.2) is 0 Å². The van der Waals surface area contributed by atoms with E-state index in [1.807, 2.05) is 11.3 Å². The summed E-state index contributed by atoms with van der Waals surface area (Å²) in [5, 5.41) is 5.91. The quantitative estimate of drug-likeness (QED) is 0.850. The molecule has 3 heteroatoms. The van der Waals surface area contributed by atoms with Gasteiger partial charge < -0.3 is 10.1 Å². The Labute approximate surface area is 102 Å². The van der Waals surface area contributed by atoms with Crippen molar-refractivity contribution in [2.24, 2.45) is 0 Å². The van der Waals surface area contributed by atoms with Crippen molar-refractivity contribution in [1.29, 1.82) is 0 Å². The van der Waals surface area contributed by atoms with Crippen LogP contribution in [0.1, 0.15) is 43.5 Å². The average Bonchev–Trinajstić information content (AvgIpc) is 2.83. The fourth-order valence-electron chi connectivity index (χ4n) is 2.24. The van der Waals surface area contributed by atoms with E-state index >= 15 is 0 Å². The van der Waals surface area contributed by atoms with Crippen molar-refractivity contribution in [3.63, 3.8) is 0 Å². The zero-order chi connectivity index (χ0) is 11.2. The number of hydrogen-bond acceptors (Lipinski definition) is 3. The molecule has 1 aromatic heterocycles. The Kier molecular flexibility index (Phi) is 4.82. The first kappa shape index (κ1) is 12.1. The summed E-state index contributed by atoms with van der Waals surface area (Å²) >= 11 is 1.86.